The molecule has 0 fully saturated rings. The number of thioether (sulfide) groups is 1. The number of carbonyl (C=O) groups excluding carboxylic acids is 1. The smallest absolute Gasteiger partial charge is 0.234 e. The van der Waals surface area contributed by atoms with E-state index in [1.807, 2.05) is 12.1 Å². The number of benzene rings is 2. The number of amides is 1. The number of halogens is 3. The summed E-state index contributed by atoms with van der Waals surface area (Å²) in [5.74, 6) is 0.100. The molecule has 0 bridgehead atoms. The molecule has 2 nitrogen and oxygen atoms in total. The Morgan fingerprint density at radius 2 is 1.60 bits per heavy atom. The van der Waals surface area contributed by atoms with E-state index in [2.05, 4.69) is 5.32 Å². The highest BCUT2D eigenvalue weighted by atomic mass is 35.5. The average molecular weight is 347 g/mol. The molecule has 2 aromatic carbocycles. The molecule has 0 atom stereocenters. The van der Waals surface area contributed by atoms with Gasteiger partial charge in [-0.2, -0.15) is 0 Å². The molecule has 0 saturated heterocycles. The number of nitrogens with one attached hydrogen (secondary N) is 1. The first-order valence-electron chi connectivity index (χ1n) is 5.68. The number of anilines is 1. The van der Waals surface area contributed by atoms with E-state index >= 15 is 0 Å². The lowest BCUT2D eigenvalue weighted by Gasteiger charge is -2.08. The van der Waals surface area contributed by atoms with E-state index in [-0.39, 0.29) is 11.7 Å². The molecule has 1 amide bonds. The molecule has 0 unspecified atom stereocenters. The van der Waals surface area contributed by atoms with E-state index in [1.165, 1.54) is 11.8 Å². The van der Waals surface area contributed by atoms with E-state index in [9.17, 15) is 4.79 Å². The highest BCUT2D eigenvalue weighted by Crippen LogP contribution is 2.30. The molecule has 2 rings (SSSR count). The molecule has 0 heterocycles. The van der Waals surface area contributed by atoms with E-state index in [4.69, 9.17) is 34.8 Å². The summed E-state index contributed by atoms with van der Waals surface area (Å²) in [4.78, 5) is 12.8. The summed E-state index contributed by atoms with van der Waals surface area (Å²) in [5.41, 5.74) is 0.442. The minimum Gasteiger partial charge on any atom is -0.323 e. The monoisotopic (exact) mass is 345 g/mol. The van der Waals surface area contributed by atoms with E-state index in [1.54, 1.807) is 30.3 Å². The lowest BCUT2D eigenvalue weighted by Crippen LogP contribution is -2.14. The van der Waals surface area contributed by atoms with Gasteiger partial charge in [0.05, 0.1) is 21.5 Å². The Hall–Kier alpha value is -0.870. The maximum absolute atomic E-state index is 11.9. The van der Waals surface area contributed by atoms with Crippen LogP contribution < -0.4 is 5.32 Å². The van der Waals surface area contributed by atoms with Crippen LogP contribution in [0.4, 0.5) is 5.69 Å². The SMILES string of the molecule is O=C(CSc1ccc(Cl)cc1)Nc1c(Cl)cccc1Cl. The first kappa shape index (κ1) is 15.5. The van der Waals surface area contributed by atoms with Crippen LogP contribution >= 0.6 is 46.6 Å². The third kappa shape index (κ3) is 4.32. The van der Waals surface area contributed by atoms with Crippen LogP contribution in [0.1, 0.15) is 0 Å². The molecule has 0 saturated carbocycles. The average Bonchev–Trinajstić information content (AvgIpc) is 2.42. The van der Waals surface area contributed by atoms with Gasteiger partial charge in [-0.1, -0.05) is 40.9 Å². The summed E-state index contributed by atoms with van der Waals surface area (Å²) >= 11 is 19.2. The minimum absolute atomic E-state index is 0.167. The fraction of sp³-hybridized carbons (Fsp3) is 0.0714. The van der Waals surface area contributed by atoms with Gasteiger partial charge < -0.3 is 5.32 Å². The van der Waals surface area contributed by atoms with Crippen molar-refractivity contribution in [3.05, 3.63) is 57.5 Å². The summed E-state index contributed by atoms with van der Waals surface area (Å²) in [6.07, 6.45) is 0. The molecule has 104 valence electrons. The fourth-order valence-corrected chi connectivity index (χ4v) is 2.79. The van der Waals surface area contributed by atoms with Crippen molar-refractivity contribution in [3.8, 4) is 0 Å². The Morgan fingerprint density at radius 1 is 1.00 bits per heavy atom. The van der Waals surface area contributed by atoms with Gasteiger partial charge in [-0.25, -0.2) is 0 Å². The predicted octanol–water partition coefficient (Wildman–Crippen LogP) is 5.38. The summed E-state index contributed by atoms with van der Waals surface area (Å²) in [6.45, 7) is 0. The molecule has 20 heavy (non-hydrogen) atoms. The zero-order valence-corrected chi connectivity index (χ0v) is 13.3. The van der Waals surface area contributed by atoms with Crippen molar-refractivity contribution in [2.45, 2.75) is 4.90 Å². The largest absolute Gasteiger partial charge is 0.323 e. The van der Waals surface area contributed by atoms with Crippen molar-refractivity contribution in [1.29, 1.82) is 0 Å². The second kappa shape index (κ2) is 7.23. The van der Waals surface area contributed by atoms with Crippen molar-refractivity contribution in [3.63, 3.8) is 0 Å². The van der Waals surface area contributed by atoms with Crippen LogP contribution in [-0.2, 0) is 4.79 Å². The molecule has 1 N–H and O–H groups in total. The second-order valence-corrected chi connectivity index (χ2v) is 6.19. The fourth-order valence-electron chi connectivity index (χ4n) is 1.47. The molecule has 0 radical (unpaired) electrons. The highest BCUT2D eigenvalue weighted by Gasteiger charge is 2.09. The van der Waals surface area contributed by atoms with Gasteiger partial charge in [-0.3, -0.25) is 4.79 Å². The van der Waals surface area contributed by atoms with Gasteiger partial charge in [-0.15, -0.1) is 11.8 Å². The third-order valence-corrected chi connectivity index (χ3v) is 4.30. The van der Waals surface area contributed by atoms with Gasteiger partial charge in [0.25, 0.3) is 0 Å². The Kier molecular flexibility index (Phi) is 5.61. The third-order valence-electron chi connectivity index (χ3n) is 2.41. The minimum atomic E-state index is -0.167. The van der Waals surface area contributed by atoms with Gasteiger partial charge in [0.15, 0.2) is 0 Å². The Balaban J connectivity index is 1.94. The van der Waals surface area contributed by atoms with Gasteiger partial charge >= 0.3 is 0 Å². The van der Waals surface area contributed by atoms with E-state index in [0.717, 1.165) is 4.90 Å². The zero-order chi connectivity index (χ0) is 14.5. The van der Waals surface area contributed by atoms with Crippen LogP contribution in [0.5, 0.6) is 0 Å². The topological polar surface area (TPSA) is 29.1 Å². The molecule has 0 spiro atoms. The summed E-state index contributed by atoms with van der Waals surface area (Å²) in [7, 11) is 0. The maximum Gasteiger partial charge on any atom is 0.234 e. The van der Waals surface area contributed by atoms with Crippen LogP contribution in [0.2, 0.25) is 15.1 Å². The molecule has 0 aromatic heterocycles. The number of carbonyl (C=O) groups is 1. The summed E-state index contributed by atoms with van der Waals surface area (Å²) < 4.78 is 0. The Labute approximate surface area is 136 Å². The summed E-state index contributed by atoms with van der Waals surface area (Å²) in [5, 5.41) is 4.22. The molecular formula is C14H10Cl3NOS. The first-order chi connectivity index (χ1) is 9.56. The van der Waals surface area contributed by atoms with Crippen molar-refractivity contribution < 1.29 is 4.79 Å². The van der Waals surface area contributed by atoms with Crippen molar-refractivity contribution >= 4 is 58.2 Å². The summed E-state index contributed by atoms with van der Waals surface area (Å²) in [6, 6.07) is 12.4. The van der Waals surface area contributed by atoms with Gasteiger partial charge in [0.2, 0.25) is 5.91 Å². The van der Waals surface area contributed by atoms with Crippen LogP contribution in [0.25, 0.3) is 0 Å². The molecule has 0 aliphatic rings. The lowest BCUT2D eigenvalue weighted by molar-refractivity contribution is -0.113. The molecule has 6 heteroatoms. The van der Waals surface area contributed by atoms with Crippen molar-refractivity contribution in [1.82, 2.24) is 0 Å². The van der Waals surface area contributed by atoms with Crippen LogP contribution in [0.3, 0.4) is 0 Å². The van der Waals surface area contributed by atoms with E-state index in [0.29, 0.717) is 20.8 Å². The number of rotatable bonds is 4. The Morgan fingerprint density at radius 3 is 2.20 bits per heavy atom. The number of hydrogen-bond acceptors (Lipinski definition) is 2. The number of hydrogen-bond donors (Lipinski definition) is 1. The second-order valence-electron chi connectivity index (χ2n) is 3.89. The first-order valence-corrected chi connectivity index (χ1v) is 7.80. The quantitative estimate of drug-likeness (QED) is 0.753. The molecule has 0 aliphatic carbocycles. The normalized spacial score (nSPS) is 10.3. The van der Waals surface area contributed by atoms with Gasteiger partial charge in [-0.05, 0) is 36.4 Å². The van der Waals surface area contributed by atoms with Crippen LogP contribution in [-0.4, -0.2) is 11.7 Å². The van der Waals surface area contributed by atoms with E-state index < -0.39 is 0 Å². The lowest BCUT2D eigenvalue weighted by atomic mass is 10.3. The standard InChI is InChI=1S/C14H10Cl3NOS/c15-9-4-6-10(7-5-9)20-8-13(19)18-14-11(16)2-1-3-12(14)17/h1-7H,8H2,(H,18,19). The molecule has 2 aromatic rings. The van der Waals surface area contributed by atoms with Gasteiger partial charge in [0, 0.05) is 9.92 Å². The zero-order valence-electron chi connectivity index (χ0n) is 10.2. The van der Waals surface area contributed by atoms with Crippen LogP contribution in [0, 0.1) is 0 Å². The number of para-hydroxylation sites is 1. The highest BCUT2D eigenvalue weighted by molar-refractivity contribution is 8.00. The molecular weight excluding hydrogens is 337 g/mol. The Bertz CT molecular complexity index is 596. The predicted molar refractivity (Wildman–Crippen MR) is 87.3 cm³/mol. The molecule has 0 aliphatic heterocycles. The maximum atomic E-state index is 11.9. The van der Waals surface area contributed by atoms with Crippen LogP contribution in [0.15, 0.2) is 47.4 Å². The van der Waals surface area contributed by atoms with Gasteiger partial charge in [0.1, 0.15) is 0 Å². The van der Waals surface area contributed by atoms with Crippen molar-refractivity contribution in [2.24, 2.45) is 0 Å². The van der Waals surface area contributed by atoms with Crippen molar-refractivity contribution in [2.75, 3.05) is 11.1 Å².